The van der Waals surface area contributed by atoms with Crippen molar-refractivity contribution in [2.75, 3.05) is 86.1 Å². The third-order valence-electron chi connectivity index (χ3n) is 16.1. The minimum Gasteiger partial charge on any atom is -0.467 e. The van der Waals surface area contributed by atoms with Crippen molar-refractivity contribution in [1.82, 2.24) is 50.5 Å². The first kappa shape index (κ1) is 88.6. The fourth-order valence-electron chi connectivity index (χ4n) is 10.1. The van der Waals surface area contributed by atoms with E-state index in [0.29, 0.717) is 95.1 Å². The number of methoxy groups -OCH3 is 1. The van der Waals surface area contributed by atoms with Crippen LogP contribution in [0.4, 0.5) is 34.9 Å². The summed E-state index contributed by atoms with van der Waals surface area (Å²) in [5.41, 5.74) is 28.1. The monoisotopic (exact) mass is 1590 g/mol. The van der Waals surface area contributed by atoms with Gasteiger partial charge in [-0.2, -0.15) is 19.9 Å². The van der Waals surface area contributed by atoms with Gasteiger partial charge in [0, 0.05) is 52.7 Å². The van der Waals surface area contributed by atoms with Crippen LogP contribution in [0.1, 0.15) is 91.4 Å². The molecule has 110 heavy (non-hydrogen) atoms. The van der Waals surface area contributed by atoms with E-state index in [1.807, 2.05) is 23.9 Å². The summed E-state index contributed by atoms with van der Waals surface area (Å²) >= 11 is 0. The fourth-order valence-corrected chi connectivity index (χ4v) is 14.6. The predicted octanol–water partition coefficient (Wildman–Crippen LogP) is 9.79. The van der Waals surface area contributed by atoms with Crippen LogP contribution in [0.3, 0.4) is 0 Å². The lowest BCUT2D eigenvalue weighted by atomic mass is 10.1. The summed E-state index contributed by atoms with van der Waals surface area (Å²) in [6.45, 7) is 19.0. The Morgan fingerprint density at radius 1 is 0.536 bits per heavy atom. The zero-order chi connectivity index (χ0) is 80.9. The average molecular weight is 1590 g/mol. The van der Waals surface area contributed by atoms with Crippen LogP contribution in [0.25, 0.3) is 22.3 Å². The number of hydrogen-bond donors (Lipinski definition) is 8. The highest BCUT2D eigenvalue weighted by Crippen LogP contribution is 2.50. The van der Waals surface area contributed by atoms with Gasteiger partial charge in [0.1, 0.15) is 29.7 Å². The van der Waals surface area contributed by atoms with Crippen molar-refractivity contribution in [2.45, 2.75) is 148 Å². The van der Waals surface area contributed by atoms with Crippen LogP contribution < -0.4 is 52.4 Å². The normalized spacial score (nSPS) is 13.5. The van der Waals surface area contributed by atoms with Crippen molar-refractivity contribution in [3.05, 3.63) is 144 Å². The highest BCUT2D eigenvalue weighted by Gasteiger charge is 2.34. The van der Waals surface area contributed by atoms with Gasteiger partial charge in [0.25, 0.3) is 11.8 Å². The van der Waals surface area contributed by atoms with Crippen molar-refractivity contribution in [3.8, 4) is 11.5 Å². The number of fused-ring (bicyclic) bond motifs is 2. The molecule has 0 aliphatic rings. The molecule has 8 aromatic rings. The number of carbonyl (C=O) groups excluding carboxylic acids is 6. The summed E-state index contributed by atoms with van der Waals surface area (Å²) in [5, 5.41) is 14.0. The number of amides is 2. The van der Waals surface area contributed by atoms with Crippen molar-refractivity contribution in [3.63, 3.8) is 0 Å². The number of aromatic nitrogens is 8. The van der Waals surface area contributed by atoms with Gasteiger partial charge in [0.15, 0.2) is 40.1 Å². The lowest BCUT2D eigenvalue weighted by molar-refractivity contribution is -0.151. The first-order valence-electron chi connectivity index (χ1n) is 35.6. The molecule has 0 spiro atoms. The molecule has 0 saturated carbocycles. The molecule has 0 fully saturated rings. The number of nitrogen functional groups attached to an aromatic ring is 4. The minimum absolute atomic E-state index is 0.0175. The molecule has 33 nitrogen and oxygen atoms in total. The van der Waals surface area contributed by atoms with E-state index in [0.717, 1.165) is 23.5 Å². The largest absolute Gasteiger partial charge is 0.467 e. The molecule has 2 amide bonds. The smallest absolute Gasteiger partial charge is 0.380 e. The Labute approximate surface area is 641 Å². The van der Waals surface area contributed by atoms with E-state index >= 15 is 0 Å². The molecular weight excluding hydrogens is 1490 g/mol. The quantitative estimate of drug-likeness (QED) is 0.00590. The van der Waals surface area contributed by atoms with E-state index in [2.05, 4.69) is 94.5 Å². The van der Waals surface area contributed by atoms with Crippen molar-refractivity contribution >= 4 is 124 Å². The predicted molar refractivity (Wildman–Crippen MR) is 426 cm³/mol. The van der Waals surface area contributed by atoms with E-state index in [4.69, 9.17) is 55.8 Å². The van der Waals surface area contributed by atoms with Gasteiger partial charge in [-0.3, -0.25) is 14.1 Å². The van der Waals surface area contributed by atoms with Gasteiger partial charge in [-0.25, -0.2) is 48.2 Å². The molecule has 0 saturated heterocycles. The summed E-state index contributed by atoms with van der Waals surface area (Å²) in [6.07, 6.45) is 2.70. The van der Waals surface area contributed by atoms with Gasteiger partial charge >= 0.3 is 39.1 Å². The summed E-state index contributed by atoms with van der Waals surface area (Å²) in [6, 6.07) is 30.4. The van der Waals surface area contributed by atoms with Crippen molar-refractivity contribution in [2.24, 2.45) is 0 Å². The van der Waals surface area contributed by atoms with Crippen molar-refractivity contribution < 1.29 is 80.4 Å². The standard InChI is InChI=1S/C37H51N8O8PSi.C32H43N8O6PSi.C4H8O3/c1-7-50-35(47)25(2)52-54(49,53-29-13-9-8-10-14-29)21-12-11-15-30(36(48)51-20-22-55(4,5)6)42-34(46)26-16-18-28(19-17-26)45(3)24-27-23-40-33-31(41-27)32(38)43-37(39)44-33;1-40(21-23-20-35-29-27(36-23)28(33)38-32(34)39-29)24-15-13-22(14-16-24)30(41)37-26(31(42)45-17-19-48(2,3)4)12-8-9-18-47(43,44)46-25-10-6-5-7-11-25;1-3(5)4(6)7-2/h8-10,13-14,16-19,23,25,30H,7,11-12,15,20-22,24H2,1-6H3,(H,42,46)(H4,38,39,40,43,44);5-7,10-11,13-16,20,26H,8-9,12,17-19,21H2,1-4H3,(H,37,41)(H,43,44)(H4,33,34,35,38,39);3,5H,1-2H3/t25-,30-,54?;26-;3-/m000/s1. The zero-order valence-corrected chi connectivity index (χ0v) is 67.9. The van der Waals surface area contributed by atoms with Crippen molar-refractivity contribution in [1.29, 1.82) is 0 Å². The SMILES string of the molecule is CCOC(=O)[C@H](C)OP(=O)(CCCC[C@H](NC(=O)c1ccc(N(C)Cc2cnc3nc(N)nc(N)c3n2)cc1)C(=O)OCC[Si](C)(C)C)Oc1ccccc1.CN(Cc1cnc2nc(N)nc(N)c2n1)c1ccc(C(=O)N[C@@H](CCCCP(=O)(O)Oc2ccccc2)C(=O)OCC[Si](C)(C)C)cc1.COC(=O)[C@H](C)O. The number of aliphatic hydroxyl groups excluding tert-OH is 1. The number of carbonyl (C=O) groups is 6. The molecule has 4 aromatic carbocycles. The Bertz CT molecular complexity index is 4460. The Morgan fingerprint density at radius 2 is 0.945 bits per heavy atom. The second kappa shape index (κ2) is 42.0. The van der Waals surface area contributed by atoms with Crippen LogP contribution in [0.5, 0.6) is 11.5 Å². The summed E-state index contributed by atoms with van der Waals surface area (Å²) < 4.78 is 63.5. The van der Waals surface area contributed by atoms with Crippen LogP contribution in [0, 0.1) is 0 Å². The van der Waals surface area contributed by atoms with E-state index in [1.54, 1.807) is 129 Å². The highest BCUT2D eigenvalue weighted by atomic mass is 31.2. The number of rotatable bonds is 37. The van der Waals surface area contributed by atoms with Gasteiger partial charge < -0.3 is 81.4 Å². The summed E-state index contributed by atoms with van der Waals surface area (Å²) in [4.78, 5) is 123. The molecule has 6 atom stereocenters. The molecule has 8 rings (SSSR count). The Balaban J connectivity index is 0.000000318. The average Bonchev–Trinajstić information content (AvgIpc) is 0.812. The van der Waals surface area contributed by atoms with Gasteiger partial charge in [-0.15, -0.1) is 0 Å². The highest BCUT2D eigenvalue weighted by molar-refractivity contribution is 7.54. The number of benzene rings is 4. The molecular formula is C73H102N16O17P2Si2. The van der Waals surface area contributed by atoms with Gasteiger partial charge in [-0.05, 0) is 131 Å². The third kappa shape index (κ3) is 30.3. The number of unbranched alkanes of at least 4 members (excludes halogenated alkanes) is 2. The lowest BCUT2D eigenvalue weighted by Crippen LogP contribution is -2.42. The Kier molecular flexibility index (Phi) is 33.9. The minimum atomic E-state index is -3.89. The Morgan fingerprint density at radius 3 is 1.33 bits per heavy atom. The third-order valence-corrected chi connectivity index (χ3v) is 22.9. The van der Waals surface area contributed by atoms with Crippen LogP contribution in [-0.4, -0.2) is 179 Å². The summed E-state index contributed by atoms with van der Waals surface area (Å²) in [5.74, 6) is -2.27. The molecule has 0 aliphatic heterocycles. The van der Waals surface area contributed by atoms with Crippen LogP contribution in [-0.2, 0) is 64.9 Å². The molecule has 594 valence electrons. The number of nitrogens with one attached hydrogen (secondary N) is 2. The number of nitrogens with zero attached hydrogens (tertiary/aromatic N) is 10. The number of para-hydroxylation sites is 2. The van der Waals surface area contributed by atoms with Crippen LogP contribution in [0.15, 0.2) is 122 Å². The number of aliphatic hydroxyl groups is 1. The van der Waals surface area contributed by atoms with E-state index in [9.17, 15) is 42.8 Å². The summed E-state index contributed by atoms with van der Waals surface area (Å²) in [7, 11) is -5.72. The number of nitrogens with two attached hydrogens (primary N) is 4. The van der Waals surface area contributed by atoms with Gasteiger partial charge in [0.05, 0.1) is 76.1 Å². The van der Waals surface area contributed by atoms with Gasteiger partial charge in [0.2, 0.25) is 11.9 Å². The number of esters is 4. The first-order chi connectivity index (χ1) is 51.9. The molecule has 0 radical (unpaired) electrons. The van der Waals surface area contributed by atoms with E-state index in [1.165, 1.54) is 21.0 Å². The molecule has 12 N–H and O–H groups in total. The number of ether oxygens (including phenoxy) is 4. The molecule has 2 unspecified atom stereocenters. The van der Waals surface area contributed by atoms with Crippen LogP contribution in [0.2, 0.25) is 51.4 Å². The molecule has 4 heterocycles. The molecule has 4 aromatic heterocycles. The van der Waals surface area contributed by atoms with E-state index < -0.39 is 91.3 Å². The topological polar surface area (TPSA) is 479 Å². The maximum Gasteiger partial charge on any atom is 0.380 e. The maximum atomic E-state index is 13.9. The van der Waals surface area contributed by atoms with E-state index in [-0.39, 0.29) is 68.5 Å². The fraction of sp³-hybridized carbons (Fsp3) is 0.425. The van der Waals surface area contributed by atoms with Gasteiger partial charge in [-0.1, -0.05) is 88.5 Å². The maximum absolute atomic E-state index is 13.9. The first-order valence-corrected chi connectivity index (χ1v) is 46.5. The molecule has 0 aliphatic carbocycles. The molecule has 37 heteroatoms. The number of anilines is 6. The Hall–Kier alpha value is -10.3. The zero-order valence-electron chi connectivity index (χ0n) is 64.2. The number of hydrogen-bond acceptors (Lipinski definition) is 30. The molecule has 0 bridgehead atoms. The second-order valence-corrected chi connectivity index (χ2v) is 43.2. The van der Waals surface area contributed by atoms with Crippen LogP contribution >= 0.6 is 15.2 Å². The lowest BCUT2D eigenvalue weighted by Gasteiger charge is -2.23. The second-order valence-electron chi connectivity index (χ2n) is 28.0.